The summed E-state index contributed by atoms with van der Waals surface area (Å²) < 4.78 is 0. The van der Waals surface area contributed by atoms with Crippen molar-refractivity contribution in [3.8, 4) is 11.4 Å². The first-order chi connectivity index (χ1) is 20.4. The molecule has 0 bridgehead atoms. The summed E-state index contributed by atoms with van der Waals surface area (Å²) in [6, 6.07) is 18.5. The summed E-state index contributed by atoms with van der Waals surface area (Å²) in [4.78, 5) is 48.4. The third kappa shape index (κ3) is 8.78. The lowest BCUT2D eigenvalue weighted by molar-refractivity contribution is -0.141. The van der Waals surface area contributed by atoms with Gasteiger partial charge in [0.1, 0.15) is 6.04 Å². The fourth-order valence-corrected chi connectivity index (χ4v) is 5.40. The molecule has 0 saturated heterocycles. The fourth-order valence-electron chi connectivity index (χ4n) is 4.38. The topological polar surface area (TPSA) is 109 Å². The van der Waals surface area contributed by atoms with Crippen molar-refractivity contribution in [2.75, 3.05) is 0 Å². The van der Waals surface area contributed by atoms with Crippen molar-refractivity contribution in [2.24, 2.45) is 5.92 Å². The highest BCUT2D eigenvalue weighted by atomic mass is 32.1. The zero-order valence-electron chi connectivity index (χ0n) is 25.1. The molecular weight excluding hydrogens is 558 g/mol. The number of Topliss-reactive ketones (excluding diaryl/α,β-unsaturated/α-hetero) is 1. The van der Waals surface area contributed by atoms with Crippen molar-refractivity contribution in [1.29, 1.82) is 0 Å². The van der Waals surface area contributed by atoms with Gasteiger partial charge in [-0.05, 0) is 48.9 Å². The van der Waals surface area contributed by atoms with Crippen LogP contribution in [0.4, 0.5) is 0 Å². The van der Waals surface area contributed by atoms with Crippen LogP contribution in [0.2, 0.25) is 0 Å². The molecule has 43 heavy (non-hydrogen) atoms. The summed E-state index contributed by atoms with van der Waals surface area (Å²) in [6.07, 6.45) is 7.78. The van der Waals surface area contributed by atoms with Crippen molar-refractivity contribution in [1.82, 2.24) is 15.3 Å². The number of ketones is 1. The van der Waals surface area contributed by atoms with Crippen LogP contribution in [-0.2, 0) is 21.4 Å². The van der Waals surface area contributed by atoms with E-state index >= 15 is 0 Å². The summed E-state index contributed by atoms with van der Waals surface area (Å²) in [5, 5.41) is 11.8. The van der Waals surface area contributed by atoms with E-state index in [0.29, 0.717) is 10.7 Å². The number of hydrogen-bond acceptors (Lipinski definition) is 6. The second kappa shape index (κ2) is 13.7. The summed E-state index contributed by atoms with van der Waals surface area (Å²) in [5.41, 5.74) is 4.78. The van der Waals surface area contributed by atoms with Gasteiger partial charge in [-0.3, -0.25) is 14.4 Å². The first-order valence-electron chi connectivity index (χ1n) is 14.2. The number of nitrogens with zero attached hydrogens (tertiary/aromatic N) is 2. The first-order valence-corrected chi connectivity index (χ1v) is 15.0. The Balaban J connectivity index is 1.46. The Bertz CT molecular complexity index is 1600. The molecule has 2 heterocycles. The van der Waals surface area contributed by atoms with Gasteiger partial charge >= 0.3 is 5.97 Å². The van der Waals surface area contributed by atoms with E-state index in [-0.39, 0.29) is 24.0 Å². The monoisotopic (exact) mass is 595 g/mol. The van der Waals surface area contributed by atoms with E-state index in [1.165, 1.54) is 23.8 Å². The largest absolute Gasteiger partial charge is 0.480 e. The number of aliphatic carboxylic acids is 1. The molecule has 0 unspecified atom stereocenters. The minimum Gasteiger partial charge on any atom is -0.480 e. The molecule has 2 atom stereocenters. The molecule has 7 nitrogen and oxygen atoms in total. The number of thiophene rings is 1. The minimum absolute atomic E-state index is 0.0231. The highest BCUT2D eigenvalue weighted by Gasteiger charge is 2.27. The van der Waals surface area contributed by atoms with E-state index in [4.69, 9.17) is 0 Å². The number of carboxylic acid groups (broad SMARTS) is 1. The average molecular weight is 596 g/mol. The smallest absolute Gasteiger partial charge is 0.325 e. The Morgan fingerprint density at radius 2 is 1.53 bits per heavy atom. The molecule has 0 saturated carbocycles. The molecule has 1 amide bonds. The van der Waals surface area contributed by atoms with Gasteiger partial charge in [0.15, 0.2) is 11.6 Å². The average Bonchev–Trinajstić information content (AvgIpc) is 3.49. The number of nitrogens with one attached hydrogen (secondary N) is 1. The summed E-state index contributed by atoms with van der Waals surface area (Å²) in [6.45, 7) is 9.72. The van der Waals surface area contributed by atoms with E-state index in [9.17, 15) is 19.5 Å². The van der Waals surface area contributed by atoms with Gasteiger partial charge in [-0.1, -0.05) is 87.0 Å². The van der Waals surface area contributed by atoms with Crippen LogP contribution < -0.4 is 5.32 Å². The second-order valence-corrected chi connectivity index (χ2v) is 12.9. The van der Waals surface area contributed by atoms with Crippen LogP contribution in [0.25, 0.3) is 23.5 Å². The lowest BCUT2D eigenvalue weighted by atomic mass is 9.92. The predicted octanol–water partition coefficient (Wildman–Crippen LogP) is 7.00. The van der Waals surface area contributed by atoms with E-state index in [0.717, 1.165) is 27.1 Å². The molecule has 2 aromatic heterocycles. The van der Waals surface area contributed by atoms with Crippen LogP contribution in [0.15, 0.2) is 73.1 Å². The Morgan fingerprint density at radius 3 is 2.12 bits per heavy atom. The number of carboxylic acids is 1. The highest BCUT2D eigenvalue weighted by molar-refractivity contribution is 7.14. The lowest BCUT2D eigenvalue weighted by Crippen LogP contribution is -2.42. The summed E-state index contributed by atoms with van der Waals surface area (Å²) in [5.74, 6) is -1.88. The summed E-state index contributed by atoms with van der Waals surface area (Å²) >= 11 is 1.44. The maximum Gasteiger partial charge on any atom is 0.325 e. The van der Waals surface area contributed by atoms with Crippen molar-refractivity contribution >= 4 is 41.1 Å². The van der Waals surface area contributed by atoms with E-state index < -0.39 is 23.8 Å². The minimum atomic E-state index is -1.13. The van der Waals surface area contributed by atoms with E-state index in [2.05, 4.69) is 67.2 Å². The lowest BCUT2D eigenvalue weighted by Gasteiger charge is -2.18. The molecule has 4 aromatic rings. The van der Waals surface area contributed by atoms with Crippen molar-refractivity contribution in [3.63, 3.8) is 0 Å². The highest BCUT2D eigenvalue weighted by Crippen LogP contribution is 2.31. The third-order valence-corrected chi connectivity index (χ3v) is 8.62. The van der Waals surface area contributed by atoms with Crippen LogP contribution >= 0.6 is 11.3 Å². The molecule has 0 aliphatic heterocycles. The molecule has 8 heteroatoms. The standard InChI is InChI=1S/C35H37N3O4S/c1-22-6-8-24(9-7-22)10-11-26-20-36-32(37-21-26)27-14-12-25(13-15-27)18-28(33(40)38-23(2)34(41)42)19-29(39)30-16-17-31(43-30)35(3,4)5/h6-17,20-21,23,28H,18-19H2,1-5H3,(H,38,40)(H,41,42)/b11-10+/t23-,28-/m1/s1. The van der Waals surface area contributed by atoms with Crippen LogP contribution in [0.1, 0.15) is 70.9 Å². The van der Waals surface area contributed by atoms with Gasteiger partial charge in [0.25, 0.3) is 0 Å². The predicted molar refractivity (Wildman–Crippen MR) is 172 cm³/mol. The third-order valence-electron chi connectivity index (χ3n) is 7.06. The molecular formula is C35H37N3O4S. The molecule has 2 N–H and O–H groups in total. The van der Waals surface area contributed by atoms with E-state index in [1.54, 1.807) is 18.5 Å². The molecule has 0 aliphatic carbocycles. The van der Waals surface area contributed by atoms with Crippen LogP contribution in [0.5, 0.6) is 0 Å². The molecule has 222 valence electrons. The van der Waals surface area contributed by atoms with Gasteiger partial charge < -0.3 is 10.4 Å². The van der Waals surface area contributed by atoms with E-state index in [1.807, 2.05) is 42.5 Å². The number of amides is 1. The Morgan fingerprint density at radius 1 is 0.907 bits per heavy atom. The summed E-state index contributed by atoms with van der Waals surface area (Å²) in [7, 11) is 0. The van der Waals surface area contributed by atoms with Gasteiger partial charge in [-0.25, -0.2) is 9.97 Å². The Kier molecular flexibility index (Phi) is 10.0. The zero-order valence-corrected chi connectivity index (χ0v) is 25.9. The molecule has 0 fully saturated rings. The number of carbonyl (C=O) groups excluding carboxylic acids is 2. The zero-order chi connectivity index (χ0) is 31.1. The van der Waals surface area contributed by atoms with Crippen molar-refractivity contribution in [2.45, 2.75) is 58.9 Å². The van der Waals surface area contributed by atoms with Crippen LogP contribution in [0, 0.1) is 12.8 Å². The number of hydrogen-bond donors (Lipinski definition) is 2. The Hall–Kier alpha value is -4.43. The van der Waals surface area contributed by atoms with Crippen molar-refractivity contribution in [3.05, 3.63) is 105 Å². The number of carbonyl (C=O) groups is 3. The van der Waals surface area contributed by atoms with Gasteiger partial charge in [0, 0.05) is 40.7 Å². The number of benzene rings is 2. The molecule has 0 spiro atoms. The maximum absolute atomic E-state index is 13.2. The SMILES string of the molecule is Cc1ccc(/C=C/c2cnc(-c3ccc(C[C@H](CC(=O)c4ccc(C(C)(C)C)s4)C(=O)N[C@H](C)C(=O)O)cc3)nc2)cc1. The first kappa shape index (κ1) is 31.5. The number of aryl methyl sites for hydroxylation is 1. The van der Waals surface area contributed by atoms with Crippen LogP contribution in [0.3, 0.4) is 0 Å². The maximum atomic E-state index is 13.2. The second-order valence-electron chi connectivity index (χ2n) is 11.8. The van der Waals surface area contributed by atoms with Gasteiger partial charge in [-0.2, -0.15) is 0 Å². The molecule has 0 aliphatic rings. The molecule has 0 radical (unpaired) electrons. The normalized spacial score (nSPS) is 13.0. The number of rotatable bonds is 11. The fraction of sp³-hybridized carbons (Fsp3) is 0.286. The number of aromatic nitrogens is 2. The van der Waals surface area contributed by atoms with Gasteiger partial charge in [-0.15, -0.1) is 11.3 Å². The van der Waals surface area contributed by atoms with Gasteiger partial charge in [0.2, 0.25) is 5.91 Å². The van der Waals surface area contributed by atoms with Crippen molar-refractivity contribution < 1.29 is 19.5 Å². The van der Waals surface area contributed by atoms with Crippen LogP contribution in [-0.4, -0.2) is 38.8 Å². The van der Waals surface area contributed by atoms with Gasteiger partial charge in [0.05, 0.1) is 4.88 Å². The quantitative estimate of drug-likeness (QED) is 0.181. The Labute approximate surface area is 256 Å². The molecule has 4 rings (SSSR count). The molecule has 2 aromatic carbocycles.